The number of carboxylic acids is 1. The summed E-state index contributed by atoms with van der Waals surface area (Å²) in [6, 6.07) is 0.250. The Kier molecular flexibility index (Phi) is 3.26. The van der Waals surface area contributed by atoms with Crippen LogP contribution in [0.3, 0.4) is 0 Å². The Morgan fingerprint density at radius 2 is 2.00 bits per heavy atom. The van der Waals surface area contributed by atoms with Crippen molar-refractivity contribution in [1.82, 2.24) is 9.80 Å². The van der Waals surface area contributed by atoms with Crippen LogP contribution in [0.4, 0.5) is 4.79 Å². The molecule has 2 atom stereocenters. The predicted octanol–water partition coefficient (Wildman–Crippen LogP) is 1.24. The van der Waals surface area contributed by atoms with Gasteiger partial charge in [-0.3, -0.25) is 4.79 Å². The van der Waals surface area contributed by atoms with Crippen LogP contribution in [0.5, 0.6) is 0 Å². The standard InChI is InChI=1S/C12H20N2O3/c1-8(9-3-4-9)13(2)12(17)14-6-5-10(7-14)11(15)16/h8-10H,3-7H2,1-2H3,(H,15,16). The van der Waals surface area contributed by atoms with Crippen LogP contribution in [0.25, 0.3) is 0 Å². The molecule has 1 aliphatic heterocycles. The van der Waals surface area contributed by atoms with Crippen LogP contribution in [0.2, 0.25) is 0 Å². The van der Waals surface area contributed by atoms with E-state index >= 15 is 0 Å². The lowest BCUT2D eigenvalue weighted by Crippen LogP contribution is -2.45. The van der Waals surface area contributed by atoms with Crippen LogP contribution in [-0.2, 0) is 4.79 Å². The number of likely N-dealkylation sites (tertiary alicyclic amines) is 1. The molecule has 96 valence electrons. The maximum atomic E-state index is 12.1. The van der Waals surface area contributed by atoms with Gasteiger partial charge in [0.1, 0.15) is 0 Å². The molecule has 0 aromatic rings. The van der Waals surface area contributed by atoms with Crippen molar-refractivity contribution in [3.63, 3.8) is 0 Å². The molecule has 5 heteroatoms. The van der Waals surface area contributed by atoms with E-state index in [1.807, 2.05) is 7.05 Å². The molecule has 2 rings (SSSR count). The summed E-state index contributed by atoms with van der Waals surface area (Å²) in [5.41, 5.74) is 0. The number of amides is 2. The van der Waals surface area contributed by atoms with E-state index in [-0.39, 0.29) is 18.0 Å². The van der Waals surface area contributed by atoms with Crippen molar-refractivity contribution in [1.29, 1.82) is 0 Å². The number of hydrogen-bond donors (Lipinski definition) is 1. The fourth-order valence-electron chi connectivity index (χ4n) is 2.43. The van der Waals surface area contributed by atoms with Crippen molar-refractivity contribution in [2.24, 2.45) is 11.8 Å². The molecule has 0 aromatic heterocycles. The van der Waals surface area contributed by atoms with E-state index in [1.54, 1.807) is 9.80 Å². The van der Waals surface area contributed by atoms with Crippen molar-refractivity contribution < 1.29 is 14.7 Å². The number of hydrogen-bond acceptors (Lipinski definition) is 2. The second-order valence-electron chi connectivity index (χ2n) is 5.24. The Morgan fingerprint density at radius 3 is 2.47 bits per heavy atom. The number of nitrogens with zero attached hydrogens (tertiary/aromatic N) is 2. The first-order valence-corrected chi connectivity index (χ1v) is 6.25. The van der Waals surface area contributed by atoms with Gasteiger partial charge in [0, 0.05) is 26.2 Å². The lowest BCUT2D eigenvalue weighted by molar-refractivity contribution is -0.141. The van der Waals surface area contributed by atoms with Gasteiger partial charge in [0.05, 0.1) is 5.92 Å². The largest absolute Gasteiger partial charge is 0.481 e. The SMILES string of the molecule is CC(C1CC1)N(C)C(=O)N1CCC(C(=O)O)C1. The Bertz CT molecular complexity index is 328. The fraction of sp³-hybridized carbons (Fsp3) is 0.833. The molecule has 1 saturated carbocycles. The Hall–Kier alpha value is -1.26. The zero-order valence-corrected chi connectivity index (χ0v) is 10.4. The van der Waals surface area contributed by atoms with E-state index in [4.69, 9.17) is 5.11 Å². The third kappa shape index (κ3) is 2.53. The minimum absolute atomic E-state index is 0.0202. The van der Waals surface area contributed by atoms with Crippen molar-refractivity contribution >= 4 is 12.0 Å². The summed E-state index contributed by atoms with van der Waals surface area (Å²) in [7, 11) is 1.82. The van der Waals surface area contributed by atoms with Crippen LogP contribution in [0.15, 0.2) is 0 Å². The van der Waals surface area contributed by atoms with Crippen molar-refractivity contribution in [2.75, 3.05) is 20.1 Å². The molecule has 2 amide bonds. The first-order chi connectivity index (χ1) is 8.00. The highest BCUT2D eigenvalue weighted by molar-refractivity contribution is 5.77. The zero-order chi connectivity index (χ0) is 12.6. The molecule has 1 heterocycles. The van der Waals surface area contributed by atoms with Gasteiger partial charge in [0.2, 0.25) is 0 Å². The molecule has 0 spiro atoms. The normalized spacial score (nSPS) is 25.8. The second kappa shape index (κ2) is 4.55. The molecule has 0 radical (unpaired) electrons. The zero-order valence-electron chi connectivity index (χ0n) is 10.4. The highest BCUT2D eigenvalue weighted by Crippen LogP contribution is 2.35. The van der Waals surface area contributed by atoms with Gasteiger partial charge in [-0.1, -0.05) is 0 Å². The van der Waals surface area contributed by atoms with Crippen molar-refractivity contribution in [2.45, 2.75) is 32.2 Å². The molecule has 1 N–H and O–H groups in total. The van der Waals surface area contributed by atoms with Crippen LogP contribution in [-0.4, -0.2) is 53.1 Å². The lowest BCUT2D eigenvalue weighted by Gasteiger charge is -2.29. The molecule has 1 aliphatic carbocycles. The van der Waals surface area contributed by atoms with E-state index in [2.05, 4.69) is 6.92 Å². The highest BCUT2D eigenvalue weighted by atomic mass is 16.4. The summed E-state index contributed by atoms with van der Waals surface area (Å²) >= 11 is 0. The molecular weight excluding hydrogens is 220 g/mol. The van der Waals surface area contributed by atoms with Gasteiger partial charge in [-0.05, 0) is 32.1 Å². The molecule has 17 heavy (non-hydrogen) atoms. The third-order valence-corrected chi connectivity index (χ3v) is 4.02. The summed E-state index contributed by atoms with van der Waals surface area (Å²) in [4.78, 5) is 26.4. The smallest absolute Gasteiger partial charge is 0.320 e. The van der Waals surface area contributed by atoms with Crippen LogP contribution in [0.1, 0.15) is 26.2 Å². The summed E-state index contributed by atoms with van der Waals surface area (Å²) in [6.45, 7) is 2.99. The van der Waals surface area contributed by atoms with E-state index in [0.717, 1.165) is 0 Å². The van der Waals surface area contributed by atoms with E-state index < -0.39 is 5.97 Å². The summed E-state index contributed by atoms with van der Waals surface area (Å²) < 4.78 is 0. The minimum atomic E-state index is -0.793. The minimum Gasteiger partial charge on any atom is -0.481 e. The Labute approximate surface area is 101 Å². The molecular formula is C12H20N2O3. The summed E-state index contributed by atoms with van der Waals surface area (Å²) in [5, 5.41) is 8.91. The van der Waals surface area contributed by atoms with Gasteiger partial charge in [-0.25, -0.2) is 4.79 Å². The highest BCUT2D eigenvalue weighted by Gasteiger charge is 2.37. The average Bonchev–Trinajstić information content (AvgIpc) is 3.03. The molecule has 2 fully saturated rings. The summed E-state index contributed by atoms with van der Waals surface area (Å²) in [5.74, 6) is -0.538. The van der Waals surface area contributed by atoms with Crippen LogP contribution < -0.4 is 0 Å². The number of carbonyl (C=O) groups excluding carboxylic acids is 1. The van der Waals surface area contributed by atoms with Gasteiger partial charge in [0.25, 0.3) is 0 Å². The molecule has 2 unspecified atom stereocenters. The van der Waals surface area contributed by atoms with Gasteiger partial charge < -0.3 is 14.9 Å². The van der Waals surface area contributed by atoms with E-state index in [1.165, 1.54) is 12.8 Å². The first kappa shape index (κ1) is 12.2. The van der Waals surface area contributed by atoms with Crippen molar-refractivity contribution in [3.05, 3.63) is 0 Å². The van der Waals surface area contributed by atoms with Gasteiger partial charge >= 0.3 is 12.0 Å². The second-order valence-corrected chi connectivity index (χ2v) is 5.24. The van der Waals surface area contributed by atoms with E-state index in [9.17, 15) is 9.59 Å². The molecule has 1 saturated heterocycles. The average molecular weight is 240 g/mol. The molecule has 0 bridgehead atoms. The Balaban J connectivity index is 1.89. The van der Waals surface area contributed by atoms with Crippen molar-refractivity contribution in [3.8, 4) is 0 Å². The third-order valence-electron chi connectivity index (χ3n) is 4.02. The number of carbonyl (C=O) groups is 2. The fourth-order valence-corrected chi connectivity index (χ4v) is 2.43. The lowest BCUT2D eigenvalue weighted by atomic mass is 10.1. The topological polar surface area (TPSA) is 60.9 Å². The van der Waals surface area contributed by atoms with Gasteiger partial charge in [-0.15, -0.1) is 0 Å². The van der Waals surface area contributed by atoms with Crippen LogP contribution in [0, 0.1) is 11.8 Å². The molecule has 2 aliphatic rings. The van der Waals surface area contributed by atoms with Gasteiger partial charge in [-0.2, -0.15) is 0 Å². The number of urea groups is 1. The first-order valence-electron chi connectivity index (χ1n) is 6.25. The number of rotatable bonds is 3. The maximum absolute atomic E-state index is 12.1. The monoisotopic (exact) mass is 240 g/mol. The molecule has 0 aromatic carbocycles. The Morgan fingerprint density at radius 1 is 1.35 bits per heavy atom. The van der Waals surface area contributed by atoms with E-state index in [0.29, 0.717) is 25.4 Å². The summed E-state index contributed by atoms with van der Waals surface area (Å²) in [6.07, 6.45) is 2.99. The number of aliphatic carboxylic acids is 1. The molecule has 5 nitrogen and oxygen atoms in total. The quantitative estimate of drug-likeness (QED) is 0.807. The maximum Gasteiger partial charge on any atom is 0.320 e. The number of carboxylic acid groups (broad SMARTS) is 1. The predicted molar refractivity (Wildman–Crippen MR) is 62.7 cm³/mol. The van der Waals surface area contributed by atoms with Gasteiger partial charge in [0.15, 0.2) is 0 Å². The van der Waals surface area contributed by atoms with Crippen LogP contribution >= 0.6 is 0 Å².